The van der Waals surface area contributed by atoms with Crippen LogP contribution < -0.4 is 14.8 Å². The zero-order valence-electron chi connectivity index (χ0n) is 15.7. The Kier molecular flexibility index (Phi) is 8.39. The van der Waals surface area contributed by atoms with Gasteiger partial charge in [0.15, 0.2) is 5.96 Å². The van der Waals surface area contributed by atoms with Crippen LogP contribution in [0.5, 0.6) is 11.5 Å². The van der Waals surface area contributed by atoms with E-state index < -0.39 is 0 Å². The van der Waals surface area contributed by atoms with Gasteiger partial charge in [-0.25, -0.2) is 0 Å². The summed E-state index contributed by atoms with van der Waals surface area (Å²) in [7, 11) is 3.67. The molecule has 1 fully saturated rings. The van der Waals surface area contributed by atoms with E-state index in [1.807, 2.05) is 31.3 Å². The van der Waals surface area contributed by atoms with Crippen molar-refractivity contribution in [3.05, 3.63) is 24.3 Å². The van der Waals surface area contributed by atoms with Crippen molar-refractivity contribution in [3.8, 4) is 11.5 Å². The third kappa shape index (κ3) is 7.65. The largest absolute Gasteiger partial charge is 0.497 e. The summed E-state index contributed by atoms with van der Waals surface area (Å²) in [6.07, 6.45) is 2.64. The first-order valence-electron chi connectivity index (χ1n) is 9.07. The van der Waals surface area contributed by atoms with E-state index in [1.165, 1.54) is 12.8 Å². The fourth-order valence-electron chi connectivity index (χ4n) is 2.30. The third-order valence-electron chi connectivity index (χ3n) is 4.00. The molecule has 1 aliphatic rings. The standard InChI is InChI=1S/C19H31N3O3/c1-4-20-19(21-11-13-24-15-16-5-6-16)22(2)12-14-25-18-9-7-17(23-3)8-10-18/h7-10,16H,4-6,11-15H2,1-3H3,(H,20,21). The number of nitrogens with one attached hydrogen (secondary N) is 1. The number of likely N-dealkylation sites (N-methyl/N-ethyl adjacent to an activating group) is 1. The number of methoxy groups -OCH3 is 1. The van der Waals surface area contributed by atoms with E-state index in [4.69, 9.17) is 14.2 Å². The van der Waals surface area contributed by atoms with E-state index in [-0.39, 0.29) is 0 Å². The second-order valence-corrected chi connectivity index (χ2v) is 6.20. The van der Waals surface area contributed by atoms with E-state index in [9.17, 15) is 0 Å². The molecule has 0 bridgehead atoms. The Hall–Kier alpha value is -1.95. The molecule has 1 aromatic rings. The van der Waals surface area contributed by atoms with Crippen LogP contribution in [0, 0.1) is 5.92 Å². The summed E-state index contributed by atoms with van der Waals surface area (Å²) in [4.78, 5) is 6.69. The van der Waals surface area contributed by atoms with Crippen molar-refractivity contribution in [2.75, 3.05) is 53.6 Å². The second kappa shape index (κ2) is 10.8. The number of rotatable bonds is 11. The molecule has 0 saturated heterocycles. The average molecular weight is 349 g/mol. The van der Waals surface area contributed by atoms with Crippen molar-refractivity contribution in [3.63, 3.8) is 0 Å². The lowest BCUT2D eigenvalue weighted by Gasteiger charge is -2.22. The molecule has 0 heterocycles. The van der Waals surface area contributed by atoms with Gasteiger partial charge in [0.25, 0.3) is 0 Å². The van der Waals surface area contributed by atoms with Crippen molar-refractivity contribution >= 4 is 5.96 Å². The predicted molar refractivity (Wildman–Crippen MR) is 101 cm³/mol. The maximum Gasteiger partial charge on any atom is 0.193 e. The van der Waals surface area contributed by atoms with Gasteiger partial charge in [0.05, 0.1) is 26.8 Å². The maximum atomic E-state index is 5.78. The molecule has 0 atom stereocenters. The molecule has 0 radical (unpaired) electrons. The molecule has 0 amide bonds. The smallest absolute Gasteiger partial charge is 0.193 e. The van der Waals surface area contributed by atoms with E-state index in [0.29, 0.717) is 19.8 Å². The second-order valence-electron chi connectivity index (χ2n) is 6.20. The molecule has 1 aliphatic carbocycles. The molecule has 1 saturated carbocycles. The Morgan fingerprint density at radius 1 is 1.20 bits per heavy atom. The maximum absolute atomic E-state index is 5.78. The van der Waals surface area contributed by atoms with Crippen molar-refractivity contribution < 1.29 is 14.2 Å². The average Bonchev–Trinajstić information content (AvgIpc) is 3.45. The van der Waals surface area contributed by atoms with E-state index in [0.717, 1.165) is 43.1 Å². The highest BCUT2D eigenvalue weighted by molar-refractivity contribution is 5.79. The van der Waals surface area contributed by atoms with Gasteiger partial charge >= 0.3 is 0 Å². The molecule has 6 heteroatoms. The monoisotopic (exact) mass is 349 g/mol. The van der Waals surface area contributed by atoms with Crippen molar-refractivity contribution in [1.82, 2.24) is 10.2 Å². The van der Waals surface area contributed by atoms with Crippen LogP contribution in [-0.2, 0) is 4.74 Å². The summed E-state index contributed by atoms with van der Waals surface area (Å²) >= 11 is 0. The normalized spacial score (nSPS) is 14.3. The molecule has 25 heavy (non-hydrogen) atoms. The number of nitrogens with zero attached hydrogens (tertiary/aromatic N) is 2. The van der Waals surface area contributed by atoms with Crippen LogP contribution in [0.15, 0.2) is 29.3 Å². The van der Waals surface area contributed by atoms with Gasteiger partial charge in [-0.1, -0.05) is 0 Å². The first-order chi connectivity index (χ1) is 12.2. The minimum atomic E-state index is 0.589. The highest BCUT2D eigenvalue weighted by Gasteiger charge is 2.20. The molecule has 0 unspecified atom stereocenters. The Labute approximate surface area is 151 Å². The van der Waals surface area contributed by atoms with Gasteiger partial charge < -0.3 is 24.4 Å². The van der Waals surface area contributed by atoms with Gasteiger partial charge in [0, 0.05) is 20.2 Å². The summed E-state index contributed by atoms with van der Waals surface area (Å²) in [5.41, 5.74) is 0. The topological polar surface area (TPSA) is 55.3 Å². The molecule has 0 aliphatic heterocycles. The lowest BCUT2D eigenvalue weighted by atomic mass is 10.3. The Morgan fingerprint density at radius 2 is 1.92 bits per heavy atom. The Morgan fingerprint density at radius 3 is 2.56 bits per heavy atom. The predicted octanol–water partition coefficient (Wildman–Crippen LogP) is 2.40. The Balaban J connectivity index is 1.68. The van der Waals surface area contributed by atoms with Gasteiger partial charge in [0.2, 0.25) is 0 Å². The van der Waals surface area contributed by atoms with Crippen LogP contribution in [0.4, 0.5) is 0 Å². The SMILES string of the molecule is CCNC(=NCCOCC1CC1)N(C)CCOc1ccc(OC)cc1. The summed E-state index contributed by atoms with van der Waals surface area (Å²) < 4.78 is 16.6. The lowest BCUT2D eigenvalue weighted by Crippen LogP contribution is -2.41. The van der Waals surface area contributed by atoms with Crippen LogP contribution >= 0.6 is 0 Å². The first-order valence-corrected chi connectivity index (χ1v) is 9.07. The summed E-state index contributed by atoms with van der Waals surface area (Å²) in [6.45, 7) is 6.50. The molecule has 140 valence electrons. The number of guanidine groups is 1. The zero-order valence-corrected chi connectivity index (χ0v) is 15.7. The van der Waals surface area contributed by atoms with E-state index in [2.05, 4.69) is 22.1 Å². The summed E-state index contributed by atoms with van der Waals surface area (Å²) in [5, 5.41) is 3.31. The van der Waals surface area contributed by atoms with Gasteiger partial charge in [0.1, 0.15) is 18.1 Å². The number of aliphatic imine (C=N–C) groups is 1. The lowest BCUT2D eigenvalue weighted by molar-refractivity contribution is 0.131. The van der Waals surface area contributed by atoms with Gasteiger partial charge in [-0.3, -0.25) is 4.99 Å². The van der Waals surface area contributed by atoms with Gasteiger partial charge in [-0.2, -0.15) is 0 Å². The Bertz CT molecular complexity index is 515. The van der Waals surface area contributed by atoms with Crippen LogP contribution in [-0.4, -0.2) is 64.5 Å². The van der Waals surface area contributed by atoms with E-state index in [1.54, 1.807) is 7.11 Å². The number of benzene rings is 1. The quantitative estimate of drug-likeness (QED) is 0.378. The first kappa shape index (κ1) is 19.4. The molecular formula is C19H31N3O3. The highest BCUT2D eigenvalue weighted by atomic mass is 16.5. The summed E-state index contributed by atoms with van der Waals surface area (Å²) in [6, 6.07) is 7.61. The molecule has 0 aromatic heterocycles. The number of hydrogen-bond acceptors (Lipinski definition) is 4. The molecular weight excluding hydrogens is 318 g/mol. The van der Waals surface area contributed by atoms with E-state index >= 15 is 0 Å². The highest BCUT2D eigenvalue weighted by Crippen LogP contribution is 2.28. The van der Waals surface area contributed by atoms with Crippen molar-refractivity contribution in [2.45, 2.75) is 19.8 Å². The molecule has 2 rings (SSSR count). The van der Waals surface area contributed by atoms with Crippen LogP contribution in [0.1, 0.15) is 19.8 Å². The molecule has 0 spiro atoms. The molecule has 1 aromatic carbocycles. The number of hydrogen-bond donors (Lipinski definition) is 1. The van der Waals surface area contributed by atoms with Gasteiger partial charge in [-0.15, -0.1) is 0 Å². The minimum absolute atomic E-state index is 0.589. The van der Waals surface area contributed by atoms with Crippen LogP contribution in [0.25, 0.3) is 0 Å². The fraction of sp³-hybridized carbons (Fsp3) is 0.632. The van der Waals surface area contributed by atoms with Crippen LogP contribution in [0.3, 0.4) is 0 Å². The molecule has 6 nitrogen and oxygen atoms in total. The van der Waals surface area contributed by atoms with Gasteiger partial charge in [-0.05, 0) is 49.9 Å². The minimum Gasteiger partial charge on any atom is -0.497 e. The van der Waals surface area contributed by atoms with Crippen LogP contribution in [0.2, 0.25) is 0 Å². The molecule has 1 N–H and O–H groups in total. The summed E-state index contributed by atoms with van der Waals surface area (Å²) in [5.74, 6) is 3.35. The number of ether oxygens (including phenoxy) is 3. The zero-order chi connectivity index (χ0) is 17.9. The third-order valence-corrected chi connectivity index (χ3v) is 4.00. The fourth-order valence-corrected chi connectivity index (χ4v) is 2.30. The van der Waals surface area contributed by atoms with Crippen molar-refractivity contribution in [2.24, 2.45) is 10.9 Å². The van der Waals surface area contributed by atoms with Crippen molar-refractivity contribution in [1.29, 1.82) is 0 Å².